The largest absolute Gasteiger partial charge is 0.480 e. The van der Waals surface area contributed by atoms with Gasteiger partial charge in [-0.05, 0) is 18.4 Å². The lowest BCUT2D eigenvalue weighted by Gasteiger charge is -2.17. The van der Waals surface area contributed by atoms with Crippen molar-refractivity contribution < 1.29 is 14.7 Å². The normalized spacial score (nSPS) is 12.4. The van der Waals surface area contributed by atoms with Crippen LogP contribution < -0.4 is 5.32 Å². The number of nitrogens with zero attached hydrogens (tertiary/aromatic N) is 2. The van der Waals surface area contributed by atoms with Crippen molar-refractivity contribution in [2.24, 2.45) is 5.92 Å². The van der Waals surface area contributed by atoms with Crippen molar-refractivity contribution in [2.45, 2.75) is 39.3 Å². The zero-order chi connectivity index (χ0) is 13.5. The topological polar surface area (TPSA) is 84.2 Å². The molecule has 6 heteroatoms. The van der Waals surface area contributed by atoms with Crippen molar-refractivity contribution in [2.75, 3.05) is 0 Å². The summed E-state index contributed by atoms with van der Waals surface area (Å²) >= 11 is 0. The van der Waals surface area contributed by atoms with E-state index >= 15 is 0 Å². The van der Waals surface area contributed by atoms with Crippen LogP contribution in [0.25, 0.3) is 0 Å². The third-order valence-electron chi connectivity index (χ3n) is 2.60. The van der Waals surface area contributed by atoms with Gasteiger partial charge in [0.1, 0.15) is 6.04 Å². The van der Waals surface area contributed by atoms with E-state index in [9.17, 15) is 9.59 Å². The number of carboxylic acid groups (broad SMARTS) is 1. The molecule has 0 spiro atoms. The van der Waals surface area contributed by atoms with Crippen LogP contribution in [0, 0.1) is 5.92 Å². The highest BCUT2D eigenvalue weighted by Gasteiger charge is 2.22. The summed E-state index contributed by atoms with van der Waals surface area (Å²) in [5.74, 6) is -1.36. The van der Waals surface area contributed by atoms with E-state index in [1.54, 1.807) is 24.7 Å². The Balaban J connectivity index is 2.30. The molecule has 0 aromatic carbocycles. The number of nitrogens with one attached hydrogen (secondary N) is 1. The number of hydrogen-bond donors (Lipinski definition) is 2. The van der Waals surface area contributed by atoms with Gasteiger partial charge in [0.25, 0.3) is 0 Å². The van der Waals surface area contributed by atoms with Crippen molar-refractivity contribution in [3.63, 3.8) is 0 Å². The molecule has 0 radical (unpaired) electrons. The molecule has 0 aliphatic carbocycles. The first-order valence-corrected chi connectivity index (χ1v) is 6.00. The molecule has 18 heavy (non-hydrogen) atoms. The summed E-state index contributed by atoms with van der Waals surface area (Å²) in [7, 11) is 0. The first kappa shape index (κ1) is 14.2. The van der Waals surface area contributed by atoms with E-state index in [1.165, 1.54) is 0 Å². The van der Waals surface area contributed by atoms with E-state index in [-0.39, 0.29) is 11.8 Å². The number of rotatable bonds is 7. The lowest BCUT2D eigenvalue weighted by Crippen LogP contribution is -2.44. The molecule has 1 aromatic rings. The lowest BCUT2D eigenvalue weighted by atomic mass is 10.0. The van der Waals surface area contributed by atoms with E-state index in [1.807, 2.05) is 12.3 Å². The molecule has 1 atom stereocenters. The number of aryl methyl sites for hydroxylation is 1. The van der Waals surface area contributed by atoms with Gasteiger partial charge in [-0.3, -0.25) is 9.48 Å². The monoisotopic (exact) mass is 253 g/mol. The van der Waals surface area contributed by atoms with E-state index in [4.69, 9.17) is 5.11 Å². The molecular formula is C12H19N3O3. The summed E-state index contributed by atoms with van der Waals surface area (Å²) in [6, 6.07) is 1.00. The van der Waals surface area contributed by atoms with Crippen LogP contribution in [0.15, 0.2) is 18.5 Å². The Morgan fingerprint density at radius 1 is 1.44 bits per heavy atom. The van der Waals surface area contributed by atoms with Crippen LogP contribution >= 0.6 is 0 Å². The second-order valence-electron chi connectivity index (χ2n) is 4.50. The highest BCUT2D eigenvalue weighted by atomic mass is 16.4. The van der Waals surface area contributed by atoms with E-state index in [2.05, 4.69) is 10.4 Å². The molecular weight excluding hydrogens is 234 g/mol. The third-order valence-corrected chi connectivity index (χ3v) is 2.60. The summed E-state index contributed by atoms with van der Waals surface area (Å²) in [6.45, 7) is 4.19. The highest BCUT2D eigenvalue weighted by Crippen LogP contribution is 2.03. The standard InChI is InChI=1S/C12H19N3O3/c1-9(2)11(12(17)18)14-10(16)5-3-7-15-8-4-6-13-15/h4,6,8-9,11H,3,5,7H2,1-2H3,(H,14,16)(H,17,18)/t11-/m1/s1. The molecule has 0 unspecified atom stereocenters. The van der Waals surface area contributed by atoms with Gasteiger partial charge in [-0.25, -0.2) is 4.79 Å². The lowest BCUT2D eigenvalue weighted by molar-refractivity contribution is -0.143. The van der Waals surface area contributed by atoms with Crippen LogP contribution in [0.4, 0.5) is 0 Å². The fourth-order valence-corrected chi connectivity index (χ4v) is 1.59. The van der Waals surface area contributed by atoms with E-state index < -0.39 is 12.0 Å². The summed E-state index contributed by atoms with van der Waals surface area (Å²) < 4.78 is 1.74. The number of carbonyl (C=O) groups excluding carboxylic acids is 1. The molecule has 2 N–H and O–H groups in total. The quantitative estimate of drug-likeness (QED) is 0.755. The van der Waals surface area contributed by atoms with Gasteiger partial charge >= 0.3 is 5.97 Å². The van der Waals surface area contributed by atoms with Gasteiger partial charge in [-0.2, -0.15) is 5.10 Å². The number of aromatic nitrogens is 2. The minimum Gasteiger partial charge on any atom is -0.480 e. The summed E-state index contributed by atoms with van der Waals surface area (Å²) in [5, 5.41) is 15.5. The first-order chi connectivity index (χ1) is 8.50. The van der Waals surface area contributed by atoms with Crippen molar-refractivity contribution >= 4 is 11.9 Å². The van der Waals surface area contributed by atoms with Gasteiger partial charge in [0.05, 0.1) is 0 Å². The molecule has 1 heterocycles. The summed E-state index contributed by atoms with van der Waals surface area (Å²) in [4.78, 5) is 22.5. The number of amides is 1. The third kappa shape index (κ3) is 4.57. The molecule has 0 saturated heterocycles. The zero-order valence-electron chi connectivity index (χ0n) is 10.7. The van der Waals surface area contributed by atoms with Crippen molar-refractivity contribution in [1.82, 2.24) is 15.1 Å². The predicted molar refractivity (Wildman–Crippen MR) is 65.9 cm³/mol. The minimum atomic E-state index is -0.995. The minimum absolute atomic E-state index is 0.127. The Hall–Kier alpha value is -1.85. The fourth-order valence-electron chi connectivity index (χ4n) is 1.59. The van der Waals surface area contributed by atoms with Gasteiger partial charge in [0, 0.05) is 25.4 Å². The maximum atomic E-state index is 11.6. The average Bonchev–Trinajstić information content (AvgIpc) is 2.78. The molecule has 0 bridgehead atoms. The molecule has 0 saturated carbocycles. The Morgan fingerprint density at radius 2 is 2.17 bits per heavy atom. The summed E-state index contributed by atoms with van der Waals surface area (Å²) in [6.07, 6.45) is 4.44. The molecule has 100 valence electrons. The number of carbonyl (C=O) groups is 2. The Morgan fingerprint density at radius 3 is 2.67 bits per heavy atom. The van der Waals surface area contributed by atoms with Crippen LogP contribution in [-0.4, -0.2) is 32.8 Å². The second kappa shape index (κ2) is 6.78. The maximum absolute atomic E-state index is 11.6. The second-order valence-corrected chi connectivity index (χ2v) is 4.50. The van der Waals surface area contributed by atoms with Crippen LogP contribution in [0.5, 0.6) is 0 Å². The van der Waals surface area contributed by atoms with Crippen LogP contribution in [0.2, 0.25) is 0 Å². The van der Waals surface area contributed by atoms with Gasteiger partial charge in [-0.1, -0.05) is 13.8 Å². The van der Waals surface area contributed by atoms with Gasteiger partial charge in [0.15, 0.2) is 0 Å². The van der Waals surface area contributed by atoms with Crippen molar-refractivity contribution in [3.05, 3.63) is 18.5 Å². The van der Waals surface area contributed by atoms with E-state index in [0.717, 1.165) is 0 Å². The van der Waals surface area contributed by atoms with Crippen LogP contribution in [-0.2, 0) is 16.1 Å². The Kier molecular flexibility index (Phi) is 5.35. The number of hydrogen-bond acceptors (Lipinski definition) is 3. The van der Waals surface area contributed by atoms with Crippen molar-refractivity contribution in [3.8, 4) is 0 Å². The van der Waals surface area contributed by atoms with Gasteiger partial charge in [0.2, 0.25) is 5.91 Å². The molecule has 6 nitrogen and oxygen atoms in total. The molecule has 0 aliphatic rings. The Bertz CT molecular complexity index is 387. The molecule has 1 aromatic heterocycles. The number of carboxylic acids is 1. The van der Waals surface area contributed by atoms with Gasteiger partial charge in [-0.15, -0.1) is 0 Å². The molecule has 0 fully saturated rings. The zero-order valence-corrected chi connectivity index (χ0v) is 10.7. The molecule has 0 aliphatic heterocycles. The first-order valence-electron chi connectivity index (χ1n) is 6.00. The Labute approximate surface area is 106 Å². The fraction of sp³-hybridized carbons (Fsp3) is 0.583. The smallest absolute Gasteiger partial charge is 0.326 e. The molecule has 1 rings (SSSR count). The van der Waals surface area contributed by atoms with Crippen molar-refractivity contribution in [1.29, 1.82) is 0 Å². The maximum Gasteiger partial charge on any atom is 0.326 e. The van der Waals surface area contributed by atoms with E-state index in [0.29, 0.717) is 19.4 Å². The SMILES string of the molecule is CC(C)[C@@H](NC(=O)CCCn1cccn1)C(=O)O. The van der Waals surface area contributed by atoms with Crippen LogP contribution in [0.3, 0.4) is 0 Å². The van der Waals surface area contributed by atoms with Gasteiger partial charge < -0.3 is 10.4 Å². The number of aliphatic carboxylic acids is 1. The summed E-state index contributed by atoms with van der Waals surface area (Å²) in [5.41, 5.74) is 0. The average molecular weight is 253 g/mol. The highest BCUT2D eigenvalue weighted by molar-refractivity contribution is 5.83. The van der Waals surface area contributed by atoms with Crippen LogP contribution in [0.1, 0.15) is 26.7 Å². The predicted octanol–water partition coefficient (Wildman–Crippen LogP) is 0.889. The molecule has 1 amide bonds.